The molecule has 0 aliphatic carbocycles. The van der Waals surface area contributed by atoms with Crippen LogP contribution in [-0.2, 0) is 4.79 Å². The van der Waals surface area contributed by atoms with E-state index in [9.17, 15) is 9.59 Å². The van der Waals surface area contributed by atoms with Gasteiger partial charge < -0.3 is 10.2 Å². The predicted octanol–water partition coefficient (Wildman–Crippen LogP) is 1.83. The number of benzene rings is 1. The SMILES string of the molecule is N#Cc1ccc(C(=O)N2C3CCC2[C@]2(CCCNC2=O)C3)cc1. The van der Waals surface area contributed by atoms with Crippen LogP contribution in [0, 0.1) is 16.7 Å². The van der Waals surface area contributed by atoms with Gasteiger partial charge >= 0.3 is 0 Å². The zero-order valence-electron chi connectivity index (χ0n) is 12.9. The molecule has 0 aromatic heterocycles. The van der Waals surface area contributed by atoms with E-state index >= 15 is 0 Å². The van der Waals surface area contributed by atoms with Crippen molar-refractivity contribution in [3.8, 4) is 6.07 Å². The fourth-order valence-corrected chi connectivity index (χ4v) is 4.73. The molecule has 3 heterocycles. The number of nitrogens with one attached hydrogen (secondary N) is 1. The van der Waals surface area contributed by atoms with Gasteiger partial charge in [0.15, 0.2) is 0 Å². The molecule has 5 heteroatoms. The highest BCUT2D eigenvalue weighted by atomic mass is 16.2. The van der Waals surface area contributed by atoms with E-state index in [2.05, 4.69) is 11.4 Å². The molecule has 0 radical (unpaired) electrons. The number of carbonyl (C=O) groups is 2. The first kappa shape index (κ1) is 14.3. The molecule has 3 atom stereocenters. The fourth-order valence-electron chi connectivity index (χ4n) is 4.73. The molecular formula is C18H19N3O2. The zero-order chi connectivity index (χ0) is 16.0. The second kappa shape index (κ2) is 5.09. The molecule has 23 heavy (non-hydrogen) atoms. The molecule has 2 unspecified atom stereocenters. The van der Waals surface area contributed by atoms with E-state index in [1.807, 2.05) is 4.90 Å². The van der Waals surface area contributed by atoms with Crippen molar-refractivity contribution in [2.45, 2.75) is 44.2 Å². The third kappa shape index (κ3) is 1.98. The Bertz CT molecular complexity index is 706. The maximum absolute atomic E-state index is 13.0. The number of piperidine rings is 1. The summed E-state index contributed by atoms with van der Waals surface area (Å²) in [4.78, 5) is 27.4. The Morgan fingerprint density at radius 2 is 2.09 bits per heavy atom. The summed E-state index contributed by atoms with van der Waals surface area (Å²) >= 11 is 0. The van der Waals surface area contributed by atoms with Gasteiger partial charge in [-0.2, -0.15) is 5.26 Å². The molecule has 1 N–H and O–H groups in total. The lowest BCUT2D eigenvalue weighted by molar-refractivity contribution is -0.135. The molecule has 2 bridgehead atoms. The normalized spacial score (nSPS) is 32.0. The number of amides is 2. The average Bonchev–Trinajstić information content (AvgIpc) is 3.13. The number of rotatable bonds is 1. The Kier molecular flexibility index (Phi) is 3.15. The van der Waals surface area contributed by atoms with Crippen LogP contribution in [0.4, 0.5) is 0 Å². The topological polar surface area (TPSA) is 73.2 Å². The van der Waals surface area contributed by atoms with Gasteiger partial charge in [-0.1, -0.05) is 0 Å². The van der Waals surface area contributed by atoms with Crippen LogP contribution < -0.4 is 5.32 Å². The highest BCUT2D eigenvalue weighted by Crippen LogP contribution is 2.53. The third-order valence-corrected chi connectivity index (χ3v) is 5.77. The quantitative estimate of drug-likeness (QED) is 0.860. The molecule has 5 nitrogen and oxygen atoms in total. The average molecular weight is 309 g/mol. The summed E-state index contributed by atoms with van der Waals surface area (Å²) in [6, 6.07) is 9.04. The molecular weight excluding hydrogens is 290 g/mol. The molecule has 3 aliphatic heterocycles. The molecule has 3 aliphatic rings. The van der Waals surface area contributed by atoms with Crippen molar-refractivity contribution in [1.82, 2.24) is 10.2 Å². The van der Waals surface area contributed by atoms with Gasteiger partial charge in [-0.25, -0.2) is 0 Å². The molecule has 0 saturated carbocycles. The van der Waals surface area contributed by atoms with Gasteiger partial charge in [-0.15, -0.1) is 0 Å². The van der Waals surface area contributed by atoms with Crippen LogP contribution in [0.1, 0.15) is 48.0 Å². The lowest BCUT2D eigenvalue weighted by Crippen LogP contribution is -2.53. The van der Waals surface area contributed by atoms with Gasteiger partial charge in [0, 0.05) is 24.2 Å². The van der Waals surface area contributed by atoms with Crippen molar-refractivity contribution in [2.24, 2.45) is 5.41 Å². The van der Waals surface area contributed by atoms with Crippen LogP contribution in [0.2, 0.25) is 0 Å². The predicted molar refractivity (Wildman–Crippen MR) is 83.4 cm³/mol. The Balaban J connectivity index is 1.63. The van der Waals surface area contributed by atoms with E-state index in [-0.39, 0.29) is 29.3 Å². The van der Waals surface area contributed by atoms with Crippen molar-refractivity contribution < 1.29 is 9.59 Å². The van der Waals surface area contributed by atoms with Crippen LogP contribution in [0.25, 0.3) is 0 Å². The van der Waals surface area contributed by atoms with Crippen LogP contribution in [0.5, 0.6) is 0 Å². The van der Waals surface area contributed by atoms with Crippen molar-refractivity contribution in [3.63, 3.8) is 0 Å². The van der Waals surface area contributed by atoms with E-state index < -0.39 is 0 Å². The number of nitriles is 1. The lowest BCUT2D eigenvalue weighted by atomic mass is 9.68. The Morgan fingerprint density at radius 3 is 2.78 bits per heavy atom. The summed E-state index contributed by atoms with van der Waals surface area (Å²) < 4.78 is 0. The maximum Gasteiger partial charge on any atom is 0.254 e. The van der Waals surface area contributed by atoms with Crippen molar-refractivity contribution >= 4 is 11.8 Å². The van der Waals surface area contributed by atoms with Gasteiger partial charge in [0.1, 0.15) is 0 Å². The second-order valence-electron chi connectivity index (χ2n) is 6.87. The van der Waals surface area contributed by atoms with E-state index in [0.717, 1.165) is 38.6 Å². The first-order valence-electron chi connectivity index (χ1n) is 8.27. The zero-order valence-corrected chi connectivity index (χ0v) is 12.9. The van der Waals surface area contributed by atoms with Crippen LogP contribution in [0.15, 0.2) is 24.3 Å². The number of hydrogen-bond donors (Lipinski definition) is 1. The molecule has 1 aromatic carbocycles. The number of carbonyl (C=O) groups excluding carboxylic acids is 2. The first-order chi connectivity index (χ1) is 11.2. The van der Waals surface area contributed by atoms with E-state index in [1.54, 1.807) is 24.3 Å². The standard InChI is InChI=1S/C18H19N3O2/c19-11-12-2-4-13(5-3-12)16(22)21-14-6-7-15(21)18(10-14)8-1-9-20-17(18)23/h2-5,14-15H,1,6-10H2,(H,20,23)/t14?,15?,18-/m0/s1. The van der Waals surface area contributed by atoms with Crippen molar-refractivity contribution in [2.75, 3.05) is 6.54 Å². The summed E-state index contributed by atoms with van der Waals surface area (Å²) in [5, 5.41) is 11.9. The minimum absolute atomic E-state index is 0.00256. The minimum atomic E-state index is -0.372. The Morgan fingerprint density at radius 1 is 1.30 bits per heavy atom. The highest BCUT2D eigenvalue weighted by molar-refractivity contribution is 5.96. The van der Waals surface area contributed by atoms with Crippen LogP contribution >= 0.6 is 0 Å². The van der Waals surface area contributed by atoms with Gasteiger partial charge in [0.05, 0.1) is 17.0 Å². The van der Waals surface area contributed by atoms with E-state index in [4.69, 9.17) is 5.26 Å². The molecule has 4 rings (SSSR count). The van der Waals surface area contributed by atoms with Gasteiger partial charge in [-0.3, -0.25) is 9.59 Å². The minimum Gasteiger partial charge on any atom is -0.356 e. The van der Waals surface area contributed by atoms with Crippen LogP contribution in [-0.4, -0.2) is 35.3 Å². The largest absolute Gasteiger partial charge is 0.356 e. The van der Waals surface area contributed by atoms with E-state index in [1.165, 1.54) is 0 Å². The van der Waals surface area contributed by atoms with Crippen LogP contribution in [0.3, 0.4) is 0 Å². The number of fused-ring (bicyclic) bond motifs is 3. The van der Waals surface area contributed by atoms with Crippen molar-refractivity contribution in [1.29, 1.82) is 5.26 Å². The second-order valence-corrected chi connectivity index (χ2v) is 6.87. The molecule has 2 amide bonds. The lowest BCUT2D eigenvalue weighted by Gasteiger charge is -2.39. The van der Waals surface area contributed by atoms with Gasteiger partial charge in [-0.05, 0) is 56.4 Å². The Labute approximate surface area is 135 Å². The van der Waals surface area contributed by atoms with Gasteiger partial charge in [0.2, 0.25) is 5.91 Å². The smallest absolute Gasteiger partial charge is 0.254 e. The summed E-state index contributed by atoms with van der Waals surface area (Å²) in [7, 11) is 0. The maximum atomic E-state index is 13.0. The fraction of sp³-hybridized carbons (Fsp3) is 0.500. The third-order valence-electron chi connectivity index (χ3n) is 5.77. The monoisotopic (exact) mass is 309 g/mol. The summed E-state index contributed by atoms with van der Waals surface area (Å²) in [6.07, 6.45) is 4.58. The summed E-state index contributed by atoms with van der Waals surface area (Å²) in [6.45, 7) is 0.752. The first-order valence-corrected chi connectivity index (χ1v) is 8.27. The molecule has 3 fully saturated rings. The molecule has 1 spiro atoms. The molecule has 3 saturated heterocycles. The van der Waals surface area contributed by atoms with Gasteiger partial charge in [0.25, 0.3) is 5.91 Å². The Hall–Kier alpha value is -2.35. The van der Waals surface area contributed by atoms with Crippen molar-refractivity contribution in [3.05, 3.63) is 35.4 Å². The molecule has 118 valence electrons. The summed E-state index contributed by atoms with van der Waals surface area (Å²) in [5.74, 6) is 0.130. The molecule has 1 aromatic rings. The highest BCUT2D eigenvalue weighted by Gasteiger charge is 2.61. The van der Waals surface area contributed by atoms with E-state index in [0.29, 0.717) is 11.1 Å². The summed E-state index contributed by atoms with van der Waals surface area (Å²) in [5.41, 5.74) is 0.784. The number of nitrogens with zero attached hydrogens (tertiary/aromatic N) is 2. The number of hydrogen-bond acceptors (Lipinski definition) is 3.